The van der Waals surface area contributed by atoms with E-state index >= 15 is 4.39 Å². The van der Waals surface area contributed by atoms with Crippen molar-refractivity contribution in [3.05, 3.63) is 59.4 Å². The molecule has 4 heterocycles. The summed E-state index contributed by atoms with van der Waals surface area (Å²) in [5.74, 6) is -0.445. The number of nitrogens with one attached hydrogen (secondary N) is 1. The van der Waals surface area contributed by atoms with Crippen LogP contribution in [0.4, 0.5) is 10.1 Å². The predicted octanol–water partition coefficient (Wildman–Crippen LogP) is 4.40. The molecular formula is C25H21ClFN4O5S-. The molecule has 0 bridgehead atoms. The Morgan fingerprint density at radius 2 is 1.86 bits per heavy atom. The molecule has 0 saturated carbocycles. The average molecular weight is 544 g/mol. The molecule has 2 aromatic heterocycles. The highest BCUT2D eigenvalue weighted by Gasteiger charge is 2.48. The van der Waals surface area contributed by atoms with E-state index in [1.54, 1.807) is 42.5 Å². The third kappa shape index (κ3) is 4.69. The molecule has 0 spiro atoms. The molecule has 2 aliphatic rings. The highest BCUT2D eigenvalue weighted by atomic mass is 35.5. The maximum atomic E-state index is 15.1. The summed E-state index contributed by atoms with van der Waals surface area (Å²) in [6.45, 7) is 0.470. The summed E-state index contributed by atoms with van der Waals surface area (Å²) in [6, 6.07) is 13.5. The molecule has 4 atom stereocenters. The van der Waals surface area contributed by atoms with Crippen molar-refractivity contribution in [3.8, 4) is 28.4 Å². The van der Waals surface area contributed by atoms with Crippen molar-refractivity contribution in [3.63, 3.8) is 0 Å². The number of ether oxygens (including phenoxy) is 3. The first-order valence-corrected chi connectivity index (χ1v) is 13.3. The predicted molar refractivity (Wildman–Crippen MR) is 136 cm³/mol. The van der Waals surface area contributed by atoms with Gasteiger partial charge >= 0.3 is 0 Å². The van der Waals surface area contributed by atoms with Gasteiger partial charge in [0.1, 0.15) is 24.1 Å². The highest BCUT2D eigenvalue weighted by molar-refractivity contribution is 7.74. The van der Waals surface area contributed by atoms with Crippen LogP contribution in [0.15, 0.2) is 52.9 Å². The fraction of sp³-hybridized carbons (Fsp3) is 0.280. The molecule has 2 aliphatic heterocycles. The molecule has 9 nitrogen and oxygen atoms in total. The second-order valence-electron chi connectivity index (χ2n) is 8.81. The second kappa shape index (κ2) is 9.66. The molecule has 0 unspecified atom stereocenters. The van der Waals surface area contributed by atoms with Crippen molar-refractivity contribution < 1.29 is 27.9 Å². The van der Waals surface area contributed by atoms with Crippen molar-refractivity contribution in [2.24, 2.45) is 4.36 Å². The van der Waals surface area contributed by atoms with Crippen LogP contribution in [0.25, 0.3) is 33.5 Å². The van der Waals surface area contributed by atoms with Crippen LogP contribution in [-0.4, -0.2) is 63.9 Å². The largest absolute Gasteiger partial charge is 0.456 e. The van der Waals surface area contributed by atoms with Crippen LogP contribution in [-0.2, 0) is 24.3 Å². The molecule has 0 aliphatic carbocycles. The molecular weight excluding hydrogens is 523 g/mol. The number of hydrogen-bond acceptors (Lipinski definition) is 9. The lowest BCUT2D eigenvalue weighted by Gasteiger charge is -2.15. The van der Waals surface area contributed by atoms with Crippen LogP contribution in [0.3, 0.4) is 0 Å². The Hall–Kier alpha value is -3.09. The van der Waals surface area contributed by atoms with Crippen molar-refractivity contribution in [1.29, 1.82) is 0 Å². The number of aromatic amines is 1. The van der Waals surface area contributed by atoms with Crippen molar-refractivity contribution in [1.82, 2.24) is 15.0 Å². The molecule has 192 valence electrons. The van der Waals surface area contributed by atoms with Gasteiger partial charge in [0.2, 0.25) is 0 Å². The highest BCUT2D eigenvalue weighted by Crippen LogP contribution is 2.34. The summed E-state index contributed by atoms with van der Waals surface area (Å²) < 4.78 is 47.5. The molecule has 2 aromatic carbocycles. The van der Waals surface area contributed by atoms with Gasteiger partial charge in [-0.25, -0.2) is 9.37 Å². The number of aliphatic hydroxyl groups is 1. The smallest absolute Gasteiger partial charge is 0.296 e. The topological polar surface area (TPSA) is 119 Å². The normalized spacial score (nSPS) is 24.0. The Kier molecular flexibility index (Phi) is 6.33. The number of aliphatic hydroxyl groups excluding tert-OH is 1. The van der Waals surface area contributed by atoms with Crippen LogP contribution < -0.4 is 4.74 Å². The number of hydrogen-bond donors (Lipinski definition) is 2. The lowest BCUT2D eigenvalue weighted by Crippen LogP contribution is -2.34. The number of benzene rings is 2. The summed E-state index contributed by atoms with van der Waals surface area (Å²) in [5.41, 5.74) is 3.40. The molecule has 2 fully saturated rings. The number of aromatic nitrogens is 3. The Balaban J connectivity index is 1.25. The van der Waals surface area contributed by atoms with Crippen LogP contribution >= 0.6 is 11.6 Å². The van der Waals surface area contributed by atoms with E-state index in [1.807, 2.05) is 0 Å². The van der Waals surface area contributed by atoms with E-state index in [-0.39, 0.29) is 25.3 Å². The van der Waals surface area contributed by atoms with E-state index in [9.17, 15) is 9.32 Å². The minimum Gasteiger partial charge on any atom is -0.456 e. The van der Waals surface area contributed by atoms with Crippen LogP contribution in [0.1, 0.15) is 0 Å². The minimum absolute atomic E-state index is 0.202. The summed E-state index contributed by atoms with van der Waals surface area (Å²) >= 11 is 6.50. The summed E-state index contributed by atoms with van der Waals surface area (Å²) in [6.07, 6.45) is -0.410. The van der Waals surface area contributed by atoms with Gasteiger partial charge in [-0.15, -0.1) is 6.26 Å². The first kappa shape index (κ1) is 24.3. The van der Waals surface area contributed by atoms with Crippen LogP contribution in [0.5, 0.6) is 6.01 Å². The maximum absolute atomic E-state index is 15.1. The Bertz CT molecular complexity index is 1570. The van der Waals surface area contributed by atoms with E-state index in [4.69, 9.17) is 25.8 Å². The zero-order chi connectivity index (χ0) is 25.7. The number of rotatable bonds is 5. The lowest BCUT2D eigenvalue weighted by atomic mass is 10.0. The molecule has 2 N–H and O–H groups in total. The molecule has 2 saturated heterocycles. The van der Waals surface area contributed by atoms with E-state index in [2.05, 4.69) is 19.3 Å². The van der Waals surface area contributed by atoms with Gasteiger partial charge in [0.25, 0.3) is 6.01 Å². The molecule has 0 radical (unpaired) electrons. The first-order valence-electron chi connectivity index (χ1n) is 11.5. The van der Waals surface area contributed by atoms with Gasteiger partial charge < -0.3 is 32.9 Å². The average Bonchev–Trinajstić information content (AvgIpc) is 3.55. The van der Waals surface area contributed by atoms with Gasteiger partial charge in [-0.05, 0) is 29.8 Å². The lowest BCUT2D eigenvalue weighted by molar-refractivity contribution is 0.00706. The van der Waals surface area contributed by atoms with Gasteiger partial charge in [-0.3, -0.25) is 0 Å². The van der Waals surface area contributed by atoms with Crippen LogP contribution in [0, 0.1) is 5.82 Å². The van der Waals surface area contributed by atoms with E-state index in [0.717, 1.165) is 0 Å². The SMILES string of the molecule is C[S-](=O)=Nc1ccc(-c2ccc(-c3nc4nc(O[C@@H]5CO[C@H]6[C@@H]5OC[C@H]6O)[nH]c4cc3Cl)cc2F)cc1. The van der Waals surface area contributed by atoms with Gasteiger partial charge in [0.05, 0.1) is 29.4 Å². The van der Waals surface area contributed by atoms with Crippen molar-refractivity contribution >= 4 is 39.0 Å². The maximum Gasteiger partial charge on any atom is 0.296 e. The Morgan fingerprint density at radius 1 is 1.11 bits per heavy atom. The van der Waals surface area contributed by atoms with E-state index in [1.165, 1.54) is 12.3 Å². The summed E-state index contributed by atoms with van der Waals surface area (Å²) in [4.78, 5) is 12.0. The van der Waals surface area contributed by atoms with E-state index in [0.29, 0.717) is 44.3 Å². The Labute approximate surface area is 217 Å². The fourth-order valence-corrected chi connectivity index (χ4v) is 5.27. The van der Waals surface area contributed by atoms with E-state index < -0.39 is 34.7 Å². The number of pyridine rings is 1. The summed E-state index contributed by atoms with van der Waals surface area (Å²) in [5, 5.41) is 10.2. The zero-order valence-electron chi connectivity index (χ0n) is 19.4. The quantitative estimate of drug-likeness (QED) is 0.358. The second-order valence-corrected chi connectivity index (χ2v) is 10.2. The first-order chi connectivity index (χ1) is 17.9. The number of H-pyrrole nitrogens is 1. The number of halogens is 2. The minimum atomic E-state index is -1.32. The zero-order valence-corrected chi connectivity index (χ0v) is 21.0. The van der Waals surface area contributed by atoms with Gasteiger partial charge in [0.15, 0.2) is 11.8 Å². The number of fused-ring (bicyclic) bond motifs is 2. The standard InChI is InChI=1S/C25H21ClFN4O5S/c1-37(33)31-14-5-2-12(3-6-14)15-7-4-13(8-17(15)27)21-16(26)9-18-24(29-21)30-25(28-18)36-20-11-35-22-19(32)10-34-23(20)22/h2-9,19-20,22-23,32H,10-11H2,1H3,(H,28,29,30)/q-1/t19-,20-,22-,23-/m1/s1. The third-order valence-electron chi connectivity index (χ3n) is 6.30. The molecule has 37 heavy (non-hydrogen) atoms. The molecule has 6 rings (SSSR count). The van der Waals surface area contributed by atoms with Gasteiger partial charge in [0, 0.05) is 16.8 Å². The molecule has 12 heteroatoms. The molecule has 0 amide bonds. The van der Waals surface area contributed by atoms with Gasteiger partial charge in [-0.1, -0.05) is 35.9 Å². The number of imidazole rings is 1. The Morgan fingerprint density at radius 3 is 2.62 bits per heavy atom. The van der Waals surface area contributed by atoms with Crippen molar-refractivity contribution in [2.75, 3.05) is 19.5 Å². The van der Waals surface area contributed by atoms with Crippen molar-refractivity contribution in [2.45, 2.75) is 24.4 Å². The monoisotopic (exact) mass is 543 g/mol. The van der Waals surface area contributed by atoms with Crippen LogP contribution in [0.2, 0.25) is 5.02 Å². The molecule has 4 aromatic rings. The number of nitrogens with zero attached hydrogens (tertiary/aromatic N) is 3. The summed E-state index contributed by atoms with van der Waals surface area (Å²) in [7, 11) is -1.32. The third-order valence-corrected chi connectivity index (χ3v) is 7.06. The fourth-order valence-electron chi connectivity index (χ4n) is 4.59. The van der Waals surface area contributed by atoms with Gasteiger partial charge in [-0.2, -0.15) is 15.6 Å².